The first-order valence-corrected chi connectivity index (χ1v) is 6.61. The Morgan fingerprint density at radius 3 is 2.70 bits per heavy atom. The predicted octanol–water partition coefficient (Wildman–Crippen LogP) is 0.890. The Morgan fingerprint density at radius 2 is 2.30 bits per heavy atom. The molecule has 0 radical (unpaired) electrons. The Labute approximate surface area is 67.9 Å². The van der Waals surface area contributed by atoms with Crippen LogP contribution in [0.3, 0.4) is 0 Å². The van der Waals surface area contributed by atoms with Crippen LogP contribution in [-0.2, 0) is 13.0 Å². The maximum Gasteiger partial charge on any atom is 0.211 e. The SMILES string of the molecule is O=S(=O)(Br)CC1CCCO1. The molecule has 1 unspecified atom stereocenters. The summed E-state index contributed by atoms with van der Waals surface area (Å²) in [5.41, 5.74) is 0. The summed E-state index contributed by atoms with van der Waals surface area (Å²) in [5.74, 6) is 0.104. The lowest BCUT2D eigenvalue weighted by Crippen LogP contribution is -2.15. The van der Waals surface area contributed by atoms with E-state index in [1.807, 2.05) is 0 Å². The third-order valence-corrected chi connectivity index (χ3v) is 2.97. The minimum Gasteiger partial charge on any atom is -0.377 e. The third kappa shape index (κ3) is 2.98. The van der Waals surface area contributed by atoms with E-state index in [1.165, 1.54) is 0 Å². The molecule has 0 N–H and O–H groups in total. The first kappa shape index (κ1) is 8.49. The van der Waals surface area contributed by atoms with E-state index in [1.54, 1.807) is 0 Å². The van der Waals surface area contributed by atoms with Gasteiger partial charge in [0.05, 0.1) is 26.7 Å². The topological polar surface area (TPSA) is 43.4 Å². The second-order valence-corrected chi connectivity index (χ2v) is 6.71. The molecule has 0 bridgehead atoms. The summed E-state index contributed by atoms with van der Waals surface area (Å²) >= 11 is 2.58. The van der Waals surface area contributed by atoms with Gasteiger partial charge in [-0.25, -0.2) is 8.42 Å². The number of hydrogen-bond acceptors (Lipinski definition) is 3. The highest BCUT2D eigenvalue weighted by molar-refractivity contribution is 9.47. The highest BCUT2D eigenvalue weighted by Gasteiger charge is 2.20. The van der Waals surface area contributed by atoms with Gasteiger partial charge in [0.1, 0.15) is 0 Å². The van der Waals surface area contributed by atoms with Gasteiger partial charge in [-0.15, -0.1) is 0 Å². The number of halogens is 1. The van der Waals surface area contributed by atoms with Crippen LogP contribution >= 0.6 is 14.8 Å². The third-order valence-electron chi connectivity index (χ3n) is 1.41. The lowest BCUT2D eigenvalue weighted by molar-refractivity contribution is 0.128. The van der Waals surface area contributed by atoms with E-state index in [0.29, 0.717) is 6.61 Å². The van der Waals surface area contributed by atoms with Crippen molar-refractivity contribution in [1.29, 1.82) is 0 Å². The molecule has 0 aromatic rings. The van der Waals surface area contributed by atoms with Crippen LogP contribution in [-0.4, -0.2) is 26.9 Å². The van der Waals surface area contributed by atoms with E-state index in [-0.39, 0.29) is 11.9 Å². The van der Waals surface area contributed by atoms with Crippen molar-refractivity contribution < 1.29 is 13.2 Å². The molecule has 1 heterocycles. The van der Waals surface area contributed by atoms with E-state index in [4.69, 9.17) is 4.74 Å². The summed E-state index contributed by atoms with van der Waals surface area (Å²) in [4.78, 5) is 0. The first-order chi connectivity index (χ1) is 4.58. The molecule has 0 spiro atoms. The highest BCUT2D eigenvalue weighted by atomic mass is 79.9. The molecule has 60 valence electrons. The van der Waals surface area contributed by atoms with Crippen molar-refractivity contribution >= 4 is 23.1 Å². The molecular formula is C5H9BrO3S. The fraction of sp³-hybridized carbons (Fsp3) is 1.00. The van der Waals surface area contributed by atoms with Gasteiger partial charge >= 0.3 is 0 Å². The van der Waals surface area contributed by atoms with Crippen molar-refractivity contribution in [1.82, 2.24) is 0 Å². The van der Waals surface area contributed by atoms with Crippen LogP contribution in [0, 0.1) is 0 Å². The van der Waals surface area contributed by atoms with E-state index in [2.05, 4.69) is 14.8 Å². The summed E-state index contributed by atoms with van der Waals surface area (Å²) in [6.45, 7) is 0.702. The fourth-order valence-corrected chi connectivity index (χ4v) is 2.59. The summed E-state index contributed by atoms with van der Waals surface area (Å²) < 4.78 is 26.4. The fourth-order valence-electron chi connectivity index (χ4n) is 0.998. The maximum atomic E-state index is 10.6. The van der Waals surface area contributed by atoms with Gasteiger partial charge in [-0.05, 0) is 12.8 Å². The highest BCUT2D eigenvalue weighted by Crippen LogP contribution is 2.16. The molecule has 1 aliphatic rings. The van der Waals surface area contributed by atoms with Gasteiger partial charge in [-0.1, -0.05) is 0 Å². The van der Waals surface area contributed by atoms with Crippen molar-refractivity contribution in [3.63, 3.8) is 0 Å². The molecule has 5 heteroatoms. The monoisotopic (exact) mass is 228 g/mol. The van der Waals surface area contributed by atoms with E-state index >= 15 is 0 Å². The average molecular weight is 229 g/mol. The summed E-state index contributed by atoms with van der Waals surface area (Å²) in [6, 6.07) is 0. The largest absolute Gasteiger partial charge is 0.377 e. The van der Waals surface area contributed by atoms with Gasteiger partial charge in [0.2, 0.25) is 8.27 Å². The standard InChI is InChI=1S/C5H9BrO3S/c6-10(7,8)4-5-2-1-3-9-5/h5H,1-4H2. The van der Waals surface area contributed by atoms with Gasteiger partial charge in [-0.2, -0.15) is 0 Å². The lowest BCUT2D eigenvalue weighted by atomic mass is 10.3. The number of rotatable bonds is 2. The number of hydrogen-bond donors (Lipinski definition) is 0. The van der Waals surface area contributed by atoms with Crippen molar-refractivity contribution in [2.24, 2.45) is 0 Å². The van der Waals surface area contributed by atoms with Crippen LogP contribution in [0.15, 0.2) is 0 Å². The van der Waals surface area contributed by atoms with Crippen molar-refractivity contribution in [3.8, 4) is 0 Å². The maximum absolute atomic E-state index is 10.6. The predicted molar refractivity (Wildman–Crippen MR) is 41.7 cm³/mol. The Bertz CT molecular complexity index is 193. The zero-order valence-electron chi connectivity index (χ0n) is 5.42. The molecule has 1 saturated heterocycles. The van der Waals surface area contributed by atoms with Crippen LogP contribution in [0.25, 0.3) is 0 Å². The van der Waals surface area contributed by atoms with Gasteiger partial charge in [0.25, 0.3) is 0 Å². The molecule has 0 saturated carbocycles. The first-order valence-electron chi connectivity index (χ1n) is 3.12. The second kappa shape index (κ2) is 3.19. The van der Waals surface area contributed by atoms with E-state index in [0.717, 1.165) is 12.8 Å². The molecule has 3 nitrogen and oxygen atoms in total. The molecule has 1 rings (SSSR count). The Morgan fingerprint density at radius 1 is 1.60 bits per heavy atom. The zero-order chi connectivity index (χ0) is 7.61. The lowest BCUT2D eigenvalue weighted by Gasteiger charge is -2.04. The molecule has 0 aromatic carbocycles. The quantitative estimate of drug-likeness (QED) is 0.660. The molecule has 1 fully saturated rings. The second-order valence-electron chi connectivity index (χ2n) is 2.34. The van der Waals surface area contributed by atoms with Crippen LogP contribution in [0.5, 0.6) is 0 Å². The zero-order valence-corrected chi connectivity index (χ0v) is 7.82. The van der Waals surface area contributed by atoms with Gasteiger partial charge < -0.3 is 4.74 Å². The summed E-state index contributed by atoms with van der Waals surface area (Å²) in [7, 11) is -3.02. The van der Waals surface area contributed by atoms with Crippen LogP contribution in [0.4, 0.5) is 0 Å². The van der Waals surface area contributed by atoms with Gasteiger partial charge in [0.15, 0.2) is 0 Å². The molecule has 1 aliphatic heterocycles. The minimum atomic E-state index is -3.02. The van der Waals surface area contributed by atoms with Gasteiger partial charge in [-0.3, -0.25) is 0 Å². The Hall–Kier alpha value is 0.390. The molecule has 0 aromatic heterocycles. The summed E-state index contributed by atoms with van der Waals surface area (Å²) in [6.07, 6.45) is 1.77. The molecule has 10 heavy (non-hydrogen) atoms. The number of ether oxygens (including phenoxy) is 1. The van der Waals surface area contributed by atoms with E-state index < -0.39 is 8.27 Å². The minimum absolute atomic E-state index is 0.0793. The molecular weight excluding hydrogens is 220 g/mol. The van der Waals surface area contributed by atoms with Crippen molar-refractivity contribution in [2.75, 3.05) is 12.4 Å². The van der Waals surface area contributed by atoms with Crippen LogP contribution in [0.2, 0.25) is 0 Å². The van der Waals surface area contributed by atoms with Crippen molar-refractivity contribution in [3.05, 3.63) is 0 Å². The normalized spacial score (nSPS) is 27.1. The van der Waals surface area contributed by atoms with Crippen molar-refractivity contribution in [2.45, 2.75) is 18.9 Å². The molecule has 0 aliphatic carbocycles. The molecule has 1 atom stereocenters. The smallest absolute Gasteiger partial charge is 0.211 e. The Kier molecular flexibility index (Phi) is 2.71. The average Bonchev–Trinajstić information content (AvgIpc) is 2.12. The summed E-state index contributed by atoms with van der Waals surface area (Å²) in [5, 5.41) is 0. The van der Waals surface area contributed by atoms with Crippen LogP contribution in [0.1, 0.15) is 12.8 Å². The molecule has 0 amide bonds. The van der Waals surface area contributed by atoms with E-state index in [9.17, 15) is 8.42 Å². The van der Waals surface area contributed by atoms with Gasteiger partial charge in [0, 0.05) is 6.61 Å². The Balaban J connectivity index is 2.38. The van der Waals surface area contributed by atoms with Crippen LogP contribution < -0.4 is 0 Å².